The number of nitrogens with zero attached hydrogens (tertiary/aromatic N) is 2. The van der Waals surface area contributed by atoms with Crippen LogP contribution in [0.1, 0.15) is 26.3 Å². The Labute approximate surface area is 306 Å². The molecule has 0 bridgehead atoms. The van der Waals surface area contributed by atoms with Crippen molar-refractivity contribution in [3.05, 3.63) is 151 Å². The van der Waals surface area contributed by atoms with Crippen molar-refractivity contribution in [2.24, 2.45) is 0 Å². The van der Waals surface area contributed by atoms with Crippen molar-refractivity contribution >= 4 is 90.2 Å². The van der Waals surface area contributed by atoms with E-state index in [9.17, 15) is 0 Å². The zero-order chi connectivity index (χ0) is 34.0. The Balaban J connectivity index is 1.25. The summed E-state index contributed by atoms with van der Waals surface area (Å²) in [6.45, 7) is 7.18. The van der Waals surface area contributed by atoms with Crippen LogP contribution in [-0.4, -0.2) is 15.8 Å². The predicted molar refractivity (Wildman–Crippen MR) is 220 cm³/mol. The SMILES string of the molecule is CC(C)(C)c1cc2c3c(c1)Sc1c(ccc4c1c1ccccc1n4-c1ccccc1)B3c1ccc3c(c1S2)c1ccccc1n3-c1ccccc1. The Morgan fingerprint density at radius 3 is 1.35 bits per heavy atom. The second-order valence-electron chi connectivity index (χ2n) is 14.9. The maximum absolute atomic E-state index is 2.50. The van der Waals surface area contributed by atoms with Crippen LogP contribution >= 0.6 is 23.5 Å². The van der Waals surface area contributed by atoms with Gasteiger partial charge in [0.05, 0.1) is 22.1 Å². The molecule has 5 heteroatoms. The normalized spacial score (nSPS) is 13.6. The number of para-hydroxylation sites is 4. The van der Waals surface area contributed by atoms with E-state index in [0.29, 0.717) is 0 Å². The van der Waals surface area contributed by atoms with Crippen LogP contribution in [0, 0.1) is 0 Å². The molecule has 2 nitrogen and oxygen atoms in total. The van der Waals surface area contributed by atoms with Gasteiger partial charge in [-0.1, -0.05) is 140 Å². The molecule has 2 aromatic heterocycles. The Morgan fingerprint density at radius 2 is 0.902 bits per heavy atom. The zero-order valence-electron chi connectivity index (χ0n) is 28.6. The molecule has 4 heterocycles. The van der Waals surface area contributed by atoms with Gasteiger partial charge in [-0.15, -0.1) is 0 Å². The first-order valence-corrected chi connectivity index (χ1v) is 19.4. The van der Waals surface area contributed by atoms with Crippen molar-refractivity contribution in [1.29, 1.82) is 0 Å². The van der Waals surface area contributed by atoms with Gasteiger partial charge in [0, 0.05) is 52.5 Å². The Bertz CT molecular complexity index is 2710. The number of benzene rings is 7. The van der Waals surface area contributed by atoms with Crippen molar-refractivity contribution in [3.63, 3.8) is 0 Å². The summed E-state index contributed by atoms with van der Waals surface area (Å²) in [6, 6.07) is 54.2. The molecule has 0 unspecified atom stereocenters. The highest BCUT2D eigenvalue weighted by molar-refractivity contribution is 8.01. The molecule has 2 aliphatic heterocycles. The first-order chi connectivity index (χ1) is 25.0. The third-order valence-corrected chi connectivity index (χ3v) is 13.4. The van der Waals surface area contributed by atoms with Crippen molar-refractivity contribution in [1.82, 2.24) is 9.13 Å². The lowest BCUT2D eigenvalue weighted by Crippen LogP contribution is -2.58. The average molecular weight is 689 g/mol. The van der Waals surface area contributed by atoms with Crippen LogP contribution in [0.15, 0.2) is 165 Å². The van der Waals surface area contributed by atoms with Crippen LogP contribution in [0.4, 0.5) is 0 Å². The Hall–Kier alpha value is -5.10. The molecule has 0 radical (unpaired) electrons. The standard InChI is InChI=1S/C46H33BN2S2/c1-46(2,3)28-26-39-43-40(27-28)51-45-34(23-25-38-42(45)32-19-11-13-21-36(32)49(38)30-16-8-5-9-17-30)47(43)33-22-24-37-41(44(33)50-39)31-18-10-12-20-35(31)48(37)29-14-6-4-7-15-29/h4-27H,1-3H3. The van der Waals surface area contributed by atoms with Gasteiger partial charge in [0.2, 0.25) is 6.71 Å². The van der Waals surface area contributed by atoms with Gasteiger partial charge in [-0.05, 0) is 77.1 Å². The van der Waals surface area contributed by atoms with Crippen LogP contribution in [0.25, 0.3) is 55.0 Å². The lowest BCUT2D eigenvalue weighted by atomic mass is 9.36. The molecule has 0 spiro atoms. The highest BCUT2D eigenvalue weighted by Gasteiger charge is 2.41. The largest absolute Gasteiger partial charge is 0.309 e. The van der Waals surface area contributed by atoms with Gasteiger partial charge in [0.1, 0.15) is 0 Å². The number of hydrogen-bond acceptors (Lipinski definition) is 2. The van der Waals surface area contributed by atoms with Gasteiger partial charge in [0.25, 0.3) is 0 Å². The first kappa shape index (κ1) is 29.6. The van der Waals surface area contributed by atoms with Gasteiger partial charge >= 0.3 is 0 Å². The number of fused-ring (bicyclic) bond motifs is 12. The second-order valence-corrected chi connectivity index (χ2v) is 17.0. The van der Waals surface area contributed by atoms with Crippen molar-refractivity contribution in [3.8, 4) is 11.4 Å². The molecular weight excluding hydrogens is 655 g/mol. The summed E-state index contributed by atoms with van der Waals surface area (Å²) in [5.74, 6) is 0. The maximum Gasteiger partial charge on any atom is 0.247 e. The monoisotopic (exact) mass is 688 g/mol. The molecule has 0 saturated heterocycles. The summed E-state index contributed by atoms with van der Waals surface area (Å²) in [6.07, 6.45) is 0. The molecule has 0 saturated carbocycles. The minimum atomic E-state index is 0.0212. The first-order valence-electron chi connectivity index (χ1n) is 17.7. The molecule has 0 atom stereocenters. The highest BCUT2D eigenvalue weighted by atomic mass is 32.2. The average Bonchev–Trinajstić information content (AvgIpc) is 3.68. The fourth-order valence-electron chi connectivity index (χ4n) is 8.66. The maximum atomic E-state index is 2.50. The van der Waals surface area contributed by atoms with E-state index in [1.54, 1.807) is 0 Å². The summed E-state index contributed by atoms with van der Waals surface area (Å²) in [4.78, 5) is 5.56. The Kier molecular flexibility index (Phi) is 6.22. The van der Waals surface area contributed by atoms with Gasteiger partial charge in [0.15, 0.2) is 0 Å². The predicted octanol–water partition coefficient (Wildman–Crippen LogP) is 10.6. The molecule has 242 valence electrons. The second kappa shape index (κ2) is 10.7. The van der Waals surface area contributed by atoms with Gasteiger partial charge in [-0.2, -0.15) is 0 Å². The summed E-state index contributed by atoms with van der Waals surface area (Å²) >= 11 is 3.97. The van der Waals surface area contributed by atoms with Crippen LogP contribution in [-0.2, 0) is 5.41 Å². The van der Waals surface area contributed by atoms with E-state index in [1.807, 2.05) is 23.5 Å². The van der Waals surface area contributed by atoms with Crippen LogP contribution in [0.3, 0.4) is 0 Å². The van der Waals surface area contributed by atoms with E-state index < -0.39 is 0 Å². The summed E-state index contributed by atoms with van der Waals surface area (Å²) in [7, 11) is 0. The van der Waals surface area contributed by atoms with Crippen molar-refractivity contribution in [2.75, 3.05) is 0 Å². The van der Waals surface area contributed by atoms with E-state index >= 15 is 0 Å². The molecular formula is C46H33BN2S2. The lowest BCUT2D eigenvalue weighted by molar-refractivity contribution is 0.587. The van der Waals surface area contributed by atoms with Crippen molar-refractivity contribution in [2.45, 2.75) is 45.8 Å². The topological polar surface area (TPSA) is 9.86 Å². The van der Waals surface area contributed by atoms with Gasteiger partial charge in [-0.25, -0.2) is 0 Å². The molecule has 7 aromatic carbocycles. The molecule has 51 heavy (non-hydrogen) atoms. The zero-order valence-corrected chi connectivity index (χ0v) is 30.3. The summed E-state index contributed by atoms with van der Waals surface area (Å²) < 4.78 is 4.90. The van der Waals surface area contributed by atoms with Crippen LogP contribution < -0.4 is 16.4 Å². The van der Waals surface area contributed by atoms with E-state index in [1.165, 1.54) is 96.5 Å². The van der Waals surface area contributed by atoms with Gasteiger partial charge in [-0.3, -0.25) is 0 Å². The molecule has 2 aliphatic rings. The number of aromatic nitrogens is 2. The van der Waals surface area contributed by atoms with Crippen LogP contribution in [0.5, 0.6) is 0 Å². The summed E-state index contributed by atoms with van der Waals surface area (Å²) in [5.41, 5.74) is 13.1. The molecule has 0 amide bonds. The third kappa shape index (κ3) is 4.16. The van der Waals surface area contributed by atoms with Gasteiger partial charge < -0.3 is 9.13 Å². The quantitative estimate of drug-likeness (QED) is 0.167. The van der Waals surface area contributed by atoms with E-state index in [2.05, 4.69) is 175 Å². The molecule has 11 rings (SSSR count). The lowest BCUT2D eigenvalue weighted by Gasteiger charge is -2.35. The fourth-order valence-corrected chi connectivity index (χ4v) is 11.5. The minimum Gasteiger partial charge on any atom is -0.309 e. The van der Waals surface area contributed by atoms with E-state index in [0.717, 1.165) is 0 Å². The smallest absolute Gasteiger partial charge is 0.247 e. The van der Waals surface area contributed by atoms with E-state index in [4.69, 9.17) is 0 Å². The molecule has 0 aliphatic carbocycles. The number of hydrogen-bond donors (Lipinski definition) is 0. The summed E-state index contributed by atoms with van der Waals surface area (Å²) in [5, 5.41) is 5.32. The van der Waals surface area contributed by atoms with Crippen molar-refractivity contribution < 1.29 is 0 Å². The minimum absolute atomic E-state index is 0.0212. The Morgan fingerprint density at radius 1 is 0.471 bits per heavy atom. The fraction of sp³-hybridized carbons (Fsp3) is 0.0870. The number of rotatable bonds is 2. The molecule has 0 N–H and O–H groups in total. The van der Waals surface area contributed by atoms with E-state index in [-0.39, 0.29) is 12.1 Å². The molecule has 0 fully saturated rings. The highest BCUT2D eigenvalue weighted by Crippen LogP contribution is 2.48. The van der Waals surface area contributed by atoms with Crippen LogP contribution in [0.2, 0.25) is 0 Å². The molecule has 9 aromatic rings. The third-order valence-electron chi connectivity index (χ3n) is 11.0.